The lowest BCUT2D eigenvalue weighted by Crippen LogP contribution is -2.46. The van der Waals surface area contributed by atoms with Gasteiger partial charge >= 0.3 is 0 Å². The van der Waals surface area contributed by atoms with Gasteiger partial charge < -0.3 is 15.2 Å². The van der Waals surface area contributed by atoms with Gasteiger partial charge in [-0.3, -0.25) is 9.58 Å². The van der Waals surface area contributed by atoms with Crippen molar-refractivity contribution in [1.82, 2.24) is 24.6 Å². The lowest BCUT2D eigenvalue weighted by atomic mass is 9.85. The van der Waals surface area contributed by atoms with E-state index in [1.165, 1.54) is 15.8 Å². The van der Waals surface area contributed by atoms with Crippen LogP contribution >= 0.6 is 0 Å². The van der Waals surface area contributed by atoms with Gasteiger partial charge in [-0.25, -0.2) is 18.7 Å². The standard InChI is InChI=1S/C25H30F2N6O2/c1-14-7-17-10-28-24(31-20-11-29-33(15(20)2)23-9-25(23,26)27)30-19(17)8-18(14)16-3-5-32(6-4-16)21-12-35-13-22(21)34/h7-8,10-11,16,21-23,34H,3-6,9,12-13H2,1-2H3,(H,28,30,31)/t21-,22+,23?/m0/s1. The topological polar surface area (TPSA) is 88.3 Å². The van der Waals surface area contributed by atoms with Gasteiger partial charge in [0.05, 0.1) is 48.5 Å². The normalized spacial score (nSPS) is 26.9. The summed E-state index contributed by atoms with van der Waals surface area (Å²) in [7, 11) is 0. The molecule has 186 valence electrons. The van der Waals surface area contributed by atoms with E-state index in [4.69, 9.17) is 9.72 Å². The number of piperidine rings is 1. The highest BCUT2D eigenvalue weighted by Crippen LogP contribution is 2.53. The number of anilines is 2. The first-order chi connectivity index (χ1) is 16.8. The van der Waals surface area contributed by atoms with Crippen molar-refractivity contribution in [3.8, 4) is 0 Å². The van der Waals surface area contributed by atoms with Gasteiger partial charge in [-0.05, 0) is 69.0 Å². The first kappa shape index (κ1) is 22.8. The number of halogens is 2. The fourth-order valence-electron chi connectivity index (χ4n) is 5.58. The van der Waals surface area contributed by atoms with Gasteiger partial charge in [-0.2, -0.15) is 5.10 Å². The number of hydrogen-bond donors (Lipinski definition) is 2. The second-order valence-electron chi connectivity index (χ2n) is 10.1. The van der Waals surface area contributed by atoms with E-state index < -0.39 is 18.1 Å². The molecule has 0 spiro atoms. The number of fused-ring (bicyclic) bond motifs is 1. The number of aliphatic hydroxyl groups is 1. The number of benzene rings is 1. The van der Waals surface area contributed by atoms with Crippen LogP contribution in [0.15, 0.2) is 24.5 Å². The predicted octanol–water partition coefficient (Wildman–Crippen LogP) is 3.71. The van der Waals surface area contributed by atoms with Crippen LogP contribution < -0.4 is 5.32 Å². The predicted molar refractivity (Wildman–Crippen MR) is 127 cm³/mol. The Kier molecular flexibility index (Phi) is 5.50. The molecule has 1 saturated carbocycles. The van der Waals surface area contributed by atoms with Crippen LogP contribution in [0.25, 0.3) is 10.9 Å². The zero-order valence-electron chi connectivity index (χ0n) is 19.9. The van der Waals surface area contributed by atoms with Gasteiger partial charge in [0.25, 0.3) is 5.92 Å². The average molecular weight is 485 g/mol. The molecule has 1 aliphatic carbocycles. The van der Waals surface area contributed by atoms with E-state index in [2.05, 4.69) is 39.4 Å². The van der Waals surface area contributed by atoms with E-state index >= 15 is 0 Å². The maximum absolute atomic E-state index is 13.5. The molecule has 2 aromatic heterocycles. The second kappa shape index (κ2) is 8.46. The summed E-state index contributed by atoms with van der Waals surface area (Å²) in [6.07, 6.45) is 4.83. The van der Waals surface area contributed by atoms with Crippen molar-refractivity contribution in [2.45, 2.75) is 63.1 Å². The fourth-order valence-corrected chi connectivity index (χ4v) is 5.58. The Hall–Kier alpha value is -2.69. The fraction of sp³-hybridized carbons (Fsp3) is 0.560. The number of aryl methyl sites for hydroxylation is 1. The van der Waals surface area contributed by atoms with Crippen molar-refractivity contribution in [2.75, 3.05) is 31.6 Å². The van der Waals surface area contributed by atoms with E-state index in [0.717, 1.165) is 36.8 Å². The summed E-state index contributed by atoms with van der Waals surface area (Å²) in [6.45, 7) is 6.82. The highest BCUT2D eigenvalue weighted by molar-refractivity contribution is 5.81. The van der Waals surface area contributed by atoms with E-state index in [9.17, 15) is 13.9 Å². The number of alkyl halides is 2. The molecule has 6 rings (SSSR count). The van der Waals surface area contributed by atoms with Crippen LogP contribution in [0.3, 0.4) is 0 Å². The van der Waals surface area contributed by atoms with Crippen molar-refractivity contribution in [3.63, 3.8) is 0 Å². The third-order valence-corrected chi connectivity index (χ3v) is 7.81. The number of aliphatic hydroxyl groups excluding tert-OH is 1. The SMILES string of the molecule is Cc1cc2cnc(Nc3cnn(C4CC4(F)F)c3C)nc2cc1C1CCN([C@H]2COC[C@H]2O)CC1. The summed E-state index contributed by atoms with van der Waals surface area (Å²) in [4.78, 5) is 11.5. The van der Waals surface area contributed by atoms with Crippen LogP contribution in [0.2, 0.25) is 0 Å². The zero-order valence-corrected chi connectivity index (χ0v) is 19.9. The van der Waals surface area contributed by atoms with Gasteiger partial charge in [0.1, 0.15) is 6.04 Å². The molecule has 1 unspecified atom stereocenters. The number of nitrogens with one attached hydrogen (secondary N) is 1. The monoisotopic (exact) mass is 484 g/mol. The van der Waals surface area contributed by atoms with E-state index in [-0.39, 0.29) is 12.5 Å². The highest BCUT2D eigenvalue weighted by Gasteiger charge is 2.59. The highest BCUT2D eigenvalue weighted by atomic mass is 19.3. The molecule has 2 saturated heterocycles. The summed E-state index contributed by atoms with van der Waals surface area (Å²) >= 11 is 0. The Morgan fingerprint density at radius 3 is 2.60 bits per heavy atom. The molecule has 3 aromatic rings. The molecule has 3 aliphatic rings. The molecule has 3 fully saturated rings. The van der Waals surface area contributed by atoms with Gasteiger partial charge in [0, 0.05) is 18.0 Å². The van der Waals surface area contributed by atoms with Crippen LogP contribution in [0.4, 0.5) is 20.4 Å². The second-order valence-corrected chi connectivity index (χ2v) is 10.1. The summed E-state index contributed by atoms with van der Waals surface area (Å²) in [6, 6.07) is 3.53. The molecule has 2 N–H and O–H groups in total. The van der Waals surface area contributed by atoms with Crippen LogP contribution in [-0.4, -0.2) is 74.1 Å². The minimum Gasteiger partial charge on any atom is -0.389 e. The number of ether oxygens (including phenoxy) is 1. The first-order valence-corrected chi connectivity index (χ1v) is 12.3. The molecule has 4 heterocycles. The van der Waals surface area contributed by atoms with Gasteiger partial charge in [-0.15, -0.1) is 0 Å². The molecule has 3 atom stereocenters. The number of rotatable bonds is 5. The molecule has 0 amide bonds. The Balaban J connectivity index is 1.19. The van der Waals surface area contributed by atoms with E-state index in [1.54, 1.807) is 19.3 Å². The van der Waals surface area contributed by atoms with E-state index in [0.29, 0.717) is 36.5 Å². The summed E-state index contributed by atoms with van der Waals surface area (Å²) < 4.78 is 33.8. The summed E-state index contributed by atoms with van der Waals surface area (Å²) in [5.74, 6) is -1.83. The van der Waals surface area contributed by atoms with Crippen molar-refractivity contribution >= 4 is 22.5 Å². The minimum atomic E-state index is -2.68. The quantitative estimate of drug-likeness (QED) is 0.571. The van der Waals surface area contributed by atoms with Crippen LogP contribution in [0.5, 0.6) is 0 Å². The third kappa shape index (κ3) is 4.17. The maximum atomic E-state index is 13.5. The molecule has 0 radical (unpaired) electrons. The lowest BCUT2D eigenvalue weighted by molar-refractivity contribution is 0.0663. The van der Waals surface area contributed by atoms with E-state index in [1.807, 2.05) is 0 Å². The number of nitrogens with zero attached hydrogens (tertiary/aromatic N) is 5. The Bertz CT molecular complexity index is 1260. The lowest BCUT2D eigenvalue weighted by Gasteiger charge is -2.37. The molecule has 8 nitrogen and oxygen atoms in total. The maximum Gasteiger partial charge on any atom is 0.272 e. The molecule has 2 aliphatic heterocycles. The van der Waals surface area contributed by atoms with Crippen molar-refractivity contribution in [2.24, 2.45) is 0 Å². The Morgan fingerprint density at radius 1 is 1.14 bits per heavy atom. The van der Waals surface area contributed by atoms with Gasteiger partial charge in [-0.1, -0.05) is 0 Å². The third-order valence-electron chi connectivity index (χ3n) is 7.81. The summed E-state index contributed by atoms with van der Waals surface area (Å²) in [5, 5.41) is 18.4. The van der Waals surface area contributed by atoms with Gasteiger partial charge in [0.2, 0.25) is 5.95 Å². The van der Waals surface area contributed by atoms with Crippen LogP contribution in [0, 0.1) is 13.8 Å². The largest absolute Gasteiger partial charge is 0.389 e. The smallest absolute Gasteiger partial charge is 0.272 e. The number of likely N-dealkylation sites (tertiary alicyclic amines) is 1. The molecule has 35 heavy (non-hydrogen) atoms. The van der Waals surface area contributed by atoms with Crippen molar-refractivity contribution in [1.29, 1.82) is 0 Å². The number of aromatic nitrogens is 4. The van der Waals surface area contributed by atoms with Crippen molar-refractivity contribution < 1.29 is 18.6 Å². The number of hydrogen-bond acceptors (Lipinski definition) is 7. The average Bonchev–Trinajstić information content (AvgIpc) is 3.11. The molecule has 1 aromatic carbocycles. The van der Waals surface area contributed by atoms with Crippen LogP contribution in [-0.2, 0) is 4.74 Å². The molecular weight excluding hydrogens is 454 g/mol. The molecular formula is C25H30F2N6O2. The molecule has 0 bridgehead atoms. The Morgan fingerprint density at radius 2 is 1.91 bits per heavy atom. The molecule has 10 heteroatoms. The first-order valence-electron chi connectivity index (χ1n) is 12.3. The van der Waals surface area contributed by atoms with Crippen LogP contribution in [0.1, 0.15) is 48.0 Å². The Labute approximate surface area is 202 Å². The summed E-state index contributed by atoms with van der Waals surface area (Å²) in [5.41, 5.74) is 4.65. The van der Waals surface area contributed by atoms with Gasteiger partial charge in [0.15, 0.2) is 0 Å². The zero-order chi connectivity index (χ0) is 24.3. The van der Waals surface area contributed by atoms with Crippen molar-refractivity contribution in [3.05, 3.63) is 41.3 Å². The minimum absolute atomic E-state index is 0.106.